The molecule has 2 rings (SSSR count). The number of Topliss-reactive ketones (excluding diaryl/α,β-unsaturated/α-hetero) is 1. The minimum absolute atomic E-state index is 0.0308. The summed E-state index contributed by atoms with van der Waals surface area (Å²) in [6.07, 6.45) is -0.0120. The van der Waals surface area contributed by atoms with Crippen molar-refractivity contribution in [1.82, 2.24) is 10.9 Å². The molecule has 0 atom stereocenters. The van der Waals surface area contributed by atoms with Crippen LogP contribution in [0.4, 0.5) is 0 Å². The van der Waals surface area contributed by atoms with Crippen molar-refractivity contribution < 1.29 is 23.9 Å². The number of nitrogens with one attached hydrogen (secondary N) is 2. The SMILES string of the molecule is COc1cc(C(=O)NNC(=O)CCC(=O)c2cc(C)ccc2C)ccc1OC(C)C. The Kier molecular flexibility index (Phi) is 7.98. The summed E-state index contributed by atoms with van der Waals surface area (Å²) < 4.78 is 10.9. The van der Waals surface area contributed by atoms with Gasteiger partial charge in [-0.2, -0.15) is 0 Å². The van der Waals surface area contributed by atoms with Crippen LogP contribution in [0.15, 0.2) is 36.4 Å². The van der Waals surface area contributed by atoms with Crippen molar-refractivity contribution in [1.29, 1.82) is 0 Å². The molecule has 0 unspecified atom stereocenters. The van der Waals surface area contributed by atoms with Gasteiger partial charge in [-0.25, -0.2) is 0 Å². The van der Waals surface area contributed by atoms with Gasteiger partial charge >= 0.3 is 0 Å². The van der Waals surface area contributed by atoms with E-state index in [0.29, 0.717) is 22.6 Å². The average molecular weight is 412 g/mol. The van der Waals surface area contributed by atoms with Crippen LogP contribution in [-0.4, -0.2) is 30.8 Å². The molecule has 0 bridgehead atoms. The number of methoxy groups -OCH3 is 1. The van der Waals surface area contributed by atoms with E-state index >= 15 is 0 Å². The fourth-order valence-electron chi connectivity index (χ4n) is 2.82. The Morgan fingerprint density at radius 1 is 0.933 bits per heavy atom. The monoisotopic (exact) mass is 412 g/mol. The number of amides is 2. The third kappa shape index (κ3) is 6.34. The molecule has 0 aliphatic heterocycles. The van der Waals surface area contributed by atoms with E-state index in [1.807, 2.05) is 45.9 Å². The van der Waals surface area contributed by atoms with E-state index in [9.17, 15) is 14.4 Å². The molecule has 0 spiro atoms. The normalized spacial score (nSPS) is 10.5. The number of ketones is 1. The Morgan fingerprint density at radius 2 is 1.67 bits per heavy atom. The fraction of sp³-hybridized carbons (Fsp3) is 0.348. The second-order valence-electron chi connectivity index (χ2n) is 7.28. The number of ether oxygens (including phenoxy) is 2. The molecule has 0 aromatic heterocycles. The fourth-order valence-corrected chi connectivity index (χ4v) is 2.82. The summed E-state index contributed by atoms with van der Waals surface area (Å²) in [5.41, 5.74) is 7.46. The van der Waals surface area contributed by atoms with Crippen molar-refractivity contribution in [2.45, 2.75) is 46.6 Å². The predicted octanol–water partition coefficient (Wildman–Crippen LogP) is 3.52. The molecule has 0 saturated carbocycles. The summed E-state index contributed by atoms with van der Waals surface area (Å²) in [6, 6.07) is 10.4. The summed E-state index contributed by atoms with van der Waals surface area (Å²) in [7, 11) is 1.49. The number of carbonyl (C=O) groups is 3. The maximum absolute atomic E-state index is 12.4. The number of hydrogen-bond acceptors (Lipinski definition) is 5. The van der Waals surface area contributed by atoms with Gasteiger partial charge in [-0.05, 0) is 57.5 Å². The summed E-state index contributed by atoms with van der Waals surface area (Å²) in [6.45, 7) is 7.55. The molecule has 0 heterocycles. The summed E-state index contributed by atoms with van der Waals surface area (Å²) in [4.78, 5) is 36.7. The van der Waals surface area contributed by atoms with E-state index in [-0.39, 0.29) is 24.7 Å². The Balaban J connectivity index is 1.89. The van der Waals surface area contributed by atoms with Crippen molar-refractivity contribution in [2.75, 3.05) is 7.11 Å². The molecule has 0 aliphatic carbocycles. The van der Waals surface area contributed by atoms with Gasteiger partial charge in [0.2, 0.25) is 5.91 Å². The first-order chi connectivity index (χ1) is 14.2. The minimum atomic E-state index is -0.501. The van der Waals surface area contributed by atoms with Gasteiger partial charge in [-0.15, -0.1) is 0 Å². The highest BCUT2D eigenvalue weighted by Gasteiger charge is 2.15. The Morgan fingerprint density at radius 3 is 2.33 bits per heavy atom. The van der Waals surface area contributed by atoms with Crippen LogP contribution in [0.25, 0.3) is 0 Å². The van der Waals surface area contributed by atoms with E-state index in [2.05, 4.69) is 10.9 Å². The van der Waals surface area contributed by atoms with Gasteiger partial charge in [0.05, 0.1) is 13.2 Å². The van der Waals surface area contributed by atoms with Crippen LogP contribution in [-0.2, 0) is 4.79 Å². The summed E-state index contributed by atoms with van der Waals surface area (Å²) in [5, 5.41) is 0. The first kappa shape index (κ1) is 22.9. The minimum Gasteiger partial charge on any atom is -0.493 e. The van der Waals surface area contributed by atoms with Gasteiger partial charge in [-0.3, -0.25) is 25.2 Å². The number of benzene rings is 2. The lowest BCUT2D eigenvalue weighted by Crippen LogP contribution is -2.41. The molecule has 30 heavy (non-hydrogen) atoms. The first-order valence-corrected chi connectivity index (χ1v) is 9.75. The van der Waals surface area contributed by atoms with Crippen molar-refractivity contribution >= 4 is 17.6 Å². The zero-order valence-corrected chi connectivity index (χ0v) is 18.0. The van der Waals surface area contributed by atoms with Crippen LogP contribution in [0.2, 0.25) is 0 Å². The Labute approximate surface area is 176 Å². The third-order valence-electron chi connectivity index (χ3n) is 4.38. The van der Waals surface area contributed by atoms with Crippen LogP contribution in [0, 0.1) is 13.8 Å². The van der Waals surface area contributed by atoms with Crippen LogP contribution < -0.4 is 20.3 Å². The first-order valence-electron chi connectivity index (χ1n) is 9.75. The van der Waals surface area contributed by atoms with E-state index in [1.165, 1.54) is 13.2 Å². The van der Waals surface area contributed by atoms with Gasteiger partial charge in [-0.1, -0.05) is 17.7 Å². The summed E-state index contributed by atoms with van der Waals surface area (Å²) >= 11 is 0. The largest absolute Gasteiger partial charge is 0.493 e. The lowest BCUT2D eigenvalue weighted by atomic mass is 9.99. The number of rotatable bonds is 8. The second kappa shape index (κ2) is 10.4. The molecular formula is C23H28N2O5. The van der Waals surface area contributed by atoms with Crippen molar-refractivity contribution in [3.8, 4) is 11.5 Å². The topological polar surface area (TPSA) is 93.7 Å². The van der Waals surface area contributed by atoms with Crippen molar-refractivity contribution in [2.24, 2.45) is 0 Å². The molecule has 0 aliphatic rings. The second-order valence-corrected chi connectivity index (χ2v) is 7.28. The maximum atomic E-state index is 12.4. The lowest BCUT2D eigenvalue weighted by Gasteiger charge is -2.14. The lowest BCUT2D eigenvalue weighted by molar-refractivity contribution is -0.121. The Hall–Kier alpha value is -3.35. The number of carbonyl (C=O) groups excluding carboxylic acids is 3. The molecular weight excluding hydrogens is 384 g/mol. The van der Waals surface area contributed by atoms with Crippen molar-refractivity contribution in [3.05, 3.63) is 58.7 Å². The average Bonchev–Trinajstić information content (AvgIpc) is 2.71. The molecule has 0 radical (unpaired) electrons. The molecule has 2 N–H and O–H groups in total. The molecule has 7 heteroatoms. The van der Waals surface area contributed by atoms with Crippen LogP contribution >= 0.6 is 0 Å². The van der Waals surface area contributed by atoms with Gasteiger partial charge < -0.3 is 9.47 Å². The molecule has 0 fully saturated rings. The van der Waals surface area contributed by atoms with Gasteiger partial charge in [0.15, 0.2) is 17.3 Å². The highest BCUT2D eigenvalue weighted by Crippen LogP contribution is 2.28. The highest BCUT2D eigenvalue weighted by atomic mass is 16.5. The maximum Gasteiger partial charge on any atom is 0.269 e. The smallest absolute Gasteiger partial charge is 0.269 e. The molecule has 2 amide bonds. The van der Waals surface area contributed by atoms with E-state index in [1.54, 1.807) is 12.1 Å². The van der Waals surface area contributed by atoms with Crippen LogP contribution in [0.5, 0.6) is 11.5 Å². The van der Waals surface area contributed by atoms with Crippen LogP contribution in [0.3, 0.4) is 0 Å². The standard InChI is InChI=1S/C23H28N2O5/c1-14(2)30-20-10-8-17(13-21(20)29-5)23(28)25-24-22(27)11-9-19(26)18-12-15(3)6-7-16(18)4/h6-8,10,12-14H,9,11H2,1-5H3,(H,24,27)(H,25,28). The van der Waals surface area contributed by atoms with Crippen LogP contribution in [0.1, 0.15) is 58.5 Å². The number of aryl methyl sites for hydroxylation is 2. The number of hydrogen-bond donors (Lipinski definition) is 2. The molecule has 160 valence electrons. The Bertz CT molecular complexity index is 937. The zero-order valence-electron chi connectivity index (χ0n) is 18.0. The van der Waals surface area contributed by atoms with E-state index < -0.39 is 11.8 Å². The van der Waals surface area contributed by atoms with E-state index in [0.717, 1.165) is 11.1 Å². The number of hydrazine groups is 1. The quantitative estimate of drug-likeness (QED) is 0.511. The van der Waals surface area contributed by atoms with Gasteiger partial charge in [0.1, 0.15) is 0 Å². The zero-order chi connectivity index (χ0) is 22.3. The molecule has 7 nitrogen and oxygen atoms in total. The van der Waals surface area contributed by atoms with Gasteiger partial charge in [0.25, 0.3) is 5.91 Å². The summed E-state index contributed by atoms with van der Waals surface area (Å²) in [5.74, 6) is -0.115. The predicted molar refractivity (Wildman–Crippen MR) is 114 cm³/mol. The molecule has 0 saturated heterocycles. The third-order valence-corrected chi connectivity index (χ3v) is 4.38. The van der Waals surface area contributed by atoms with Crippen molar-refractivity contribution in [3.63, 3.8) is 0 Å². The highest BCUT2D eigenvalue weighted by molar-refractivity contribution is 6.00. The van der Waals surface area contributed by atoms with E-state index in [4.69, 9.17) is 9.47 Å². The van der Waals surface area contributed by atoms with Gasteiger partial charge in [0, 0.05) is 24.0 Å². The molecule has 2 aromatic carbocycles. The molecule has 2 aromatic rings.